The third-order valence-electron chi connectivity index (χ3n) is 2.64. The summed E-state index contributed by atoms with van der Waals surface area (Å²) in [6.07, 6.45) is 0. The summed E-state index contributed by atoms with van der Waals surface area (Å²) in [5, 5.41) is 0. The van der Waals surface area contributed by atoms with Crippen LogP contribution < -0.4 is 11.5 Å². The Balaban J connectivity index is 3.24. The summed E-state index contributed by atoms with van der Waals surface area (Å²) >= 11 is 0. The summed E-state index contributed by atoms with van der Waals surface area (Å²) in [6.45, 7) is 8.19. The van der Waals surface area contributed by atoms with Gasteiger partial charge in [-0.1, -0.05) is 12.1 Å². The summed E-state index contributed by atoms with van der Waals surface area (Å²) in [7, 11) is 0. The average Bonchev–Trinajstić information content (AvgIpc) is 2.07. The first-order chi connectivity index (χ1) is 6.43. The maximum atomic E-state index is 5.88. The van der Waals surface area contributed by atoms with E-state index in [0.717, 1.165) is 0 Å². The molecule has 2 unspecified atom stereocenters. The highest BCUT2D eigenvalue weighted by Crippen LogP contribution is 2.23. The second kappa shape index (κ2) is 4.11. The quantitative estimate of drug-likeness (QED) is 0.755. The second-order valence-electron chi connectivity index (χ2n) is 4.14. The van der Waals surface area contributed by atoms with Crippen LogP contribution in [-0.2, 0) is 0 Å². The van der Waals surface area contributed by atoms with Crippen molar-refractivity contribution in [2.75, 3.05) is 0 Å². The van der Waals surface area contributed by atoms with Gasteiger partial charge in [-0.3, -0.25) is 0 Å². The molecule has 0 bridgehead atoms. The Hall–Kier alpha value is -0.860. The third kappa shape index (κ3) is 2.14. The van der Waals surface area contributed by atoms with Gasteiger partial charge in [-0.15, -0.1) is 0 Å². The number of hydrogen-bond donors (Lipinski definition) is 2. The second-order valence-corrected chi connectivity index (χ2v) is 4.14. The largest absolute Gasteiger partial charge is 0.324 e. The zero-order valence-corrected chi connectivity index (χ0v) is 9.46. The number of hydrogen-bond acceptors (Lipinski definition) is 2. The van der Waals surface area contributed by atoms with Crippen LogP contribution in [0, 0.1) is 13.8 Å². The molecule has 2 heteroatoms. The normalized spacial score (nSPS) is 15.3. The van der Waals surface area contributed by atoms with Gasteiger partial charge in [0.05, 0.1) is 0 Å². The van der Waals surface area contributed by atoms with Gasteiger partial charge in [0, 0.05) is 12.1 Å². The van der Waals surface area contributed by atoms with Crippen molar-refractivity contribution in [3.63, 3.8) is 0 Å². The highest BCUT2D eigenvalue weighted by Gasteiger charge is 2.09. The smallest absolute Gasteiger partial charge is 0.0268 e. The van der Waals surface area contributed by atoms with E-state index in [-0.39, 0.29) is 12.1 Å². The standard InChI is InChI=1S/C12H20N2/c1-7-5-12(10(4)14)8(2)6-11(7)9(3)13/h5-6,9-10H,13-14H2,1-4H3. The predicted octanol–water partition coefficient (Wildman–Crippen LogP) is 2.34. The minimum absolute atomic E-state index is 0.0934. The van der Waals surface area contributed by atoms with E-state index in [1.54, 1.807) is 0 Å². The van der Waals surface area contributed by atoms with Crippen LogP contribution in [0.25, 0.3) is 0 Å². The van der Waals surface area contributed by atoms with E-state index in [2.05, 4.69) is 26.0 Å². The van der Waals surface area contributed by atoms with Crippen molar-refractivity contribution >= 4 is 0 Å². The molecule has 4 N–H and O–H groups in total. The highest BCUT2D eigenvalue weighted by molar-refractivity contribution is 5.39. The topological polar surface area (TPSA) is 52.0 Å². The Morgan fingerprint density at radius 1 is 0.857 bits per heavy atom. The molecule has 0 heterocycles. The van der Waals surface area contributed by atoms with Crippen molar-refractivity contribution in [2.24, 2.45) is 11.5 Å². The van der Waals surface area contributed by atoms with Crippen molar-refractivity contribution in [3.8, 4) is 0 Å². The molecule has 1 aromatic carbocycles. The van der Waals surface area contributed by atoms with Gasteiger partial charge < -0.3 is 11.5 Å². The van der Waals surface area contributed by atoms with Crippen LogP contribution in [0.5, 0.6) is 0 Å². The molecule has 14 heavy (non-hydrogen) atoms. The van der Waals surface area contributed by atoms with Crippen LogP contribution in [-0.4, -0.2) is 0 Å². The van der Waals surface area contributed by atoms with Gasteiger partial charge in [0.15, 0.2) is 0 Å². The zero-order valence-electron chi connectivity index (χ0n) is 9.46. The molecule has 2 nitrogen and oxygen atoms in total. The summed E-state index contributed by atoms with van der Waals surface area (Å²) < 4.78 is 0. The number of rotatable bonds is 2. The first-order valence-corrected chi connectivity index (χ1v) is 5.05. The molecule has 1 rings (SSSR count). The molecule has 2 atom stereocenters. The number of nitrogens with two attached hydrogens (primary N) is 2. The fourth-order valence-electron chi connectivity index (χ4n) is 1.84. The van der Waals surface area contributed by atoms with Crippen molar-refractivity contribution in [1.82, 2.24) is 0 Å². The Kier molecular flexibility index (Phi) is 3.29. The lowest BCUT2D eigenvalue weighted by Crippen LogP contribution is -2.11. The minimum Gasteiger partial charge on any atom is -0.324 e. The van der Waals surface area contributed by atoms with Gasteiger partial charge in [0.1, 0.15) is 0 Å². The zero-order chi connectivity index (χ0) is 10.9. The van der Waals surface area contributed by atoms with Crippen molar-refractivity contribution in [3.05, 3.63) is 34.4 Å². The molecule has 0 saturated heterocycles. The lowest BCUT2D eigenvalue weighted by molar-refractivity contribution is 0.784. The molecule has 0 aliphatic heterocycles. The molecular weight excluding hydrogens is 172 g/mol. The van der Waals surface area contributed by atoms with Gasteiger partial charge in [0.25, 0.3) is 0 Å². The maximum Gasteiger partial charge on any atom is 0.0268 e. The molecule has 0 amide bonds. The van der Waals surface area contributed by atoms with E-state index in [4.69, 9.17) is 11.5 Å². The van der Waals surface area contributed by atoms with Crippen LogP contribution >= 0.6 is 0 Å². The van der Waals surface area contributed by atoms with E-state index in [1.165, 1.54) is 22.3 Å². The molecule has 0 radical (unpaired) electrons. The van der Waals surface area contributed by atoms with Crippen molar-refractivity contribution in [2.45, 2.75) is 39.8 Å². The monoisotopic (exact) mass is 192 g/mol. The lowest BCUT2D eigenvalue weighted by Gasteiger charge is -2.16. The fourth-order valence-corrected chi connectivity index (χ4v) is 1.84. The van der Waals surface area contributed by atoms with Crippen LogP contribution in [0.4, 0.5) is 0 Å². The highest BCUT2D eigenvalue weighted by atomic mass is 14.6. The molecule has 1 aromatic rings. The summed E-state index contributed by atoms with van der Waals surface area (Å²) in [6, 6.07) is 4.49. The van der Waals surface area contributed by atoms with Gasteiger partial charge in [0.2, 0.25) is 0 Å². The molecule has 0 saturated carbocycles. The van der Waals surface area contributed by atoms with Crippen LogP contribution in [0.1, 0.15) is 48.2 Å². The average molecular weight is 192 g/mol. The maximum absolute atomic E-state index is 5.88. The van der Waals surface area contributed by atoms with E-state index in [9.17, 15) is 0 Å². The summed E-state index contributed by atoms with van der Waals surface area (Å²) in [5.74, 6) is 0. The number of benzene rings is 1. The Bertz CT molecular complexity index is 294. The van der Waals surface area contributed by atoms with E-state index in [0.29, 0.717) is 0 Å². The molecule has 0 spiro atoms. The van der Waals surface area contributed by atoms with E-state index in [1.807, 2.05) is 13.8 Å². The first kappa shape index (κ1) is 11.2. The molecule has 0 aromatic heterocycles. The van der Waals surface area contributed by atoms with Crippen LogP contribution in [0.15, 0.2) is 12.1 Å². The first-order valence-electron chi connectivity index (χ1n) is 5.05. The Morgan fingerprint density at radius 3 is 1.36 bits per heavy atom. The summed E-state index contributed by atoms with van der Waals surface area (Å²) in [4.78, 5) is 0. The lowest BCUT2D eigenvalue weighted by atomic mass is 9.94. The van der Waals surface area contributed by atoms with Gasteiger partial charge >= 0.3 is 0 Å². The minimum atomic E-state index is 0.0934. The van der Waals surface area contributed by atoms with Gasteiger partial charge in [-0.25, -0.2) is 0 Å². The molecule has 0 fully saturated rings. The van der Waals surface area contributed by atoms with Gasteiger partial charge in [-0.05, 0) is 49.9 Å². The molecule has 0 aliphatic carbocycles. The summed E-state index contributed by atoms with van der Waals surface area (Å²) in [5.41, 5.74) is 16.7. The van der Waals surface area contributed by atoms with Crippen molar-refractivity contribution in [1.29, 1.82) is 0 Å². The van der Waals surface area contributed by atoms with Crippen LogP contribution in [0.3, 0.4) is 0 Å². The molecular formula is C12H20N2. The fraction of sp³-hybridized carbons (Fsp3) is 0.500. The van der Waals surface area contributed by atoms with Crippen molar-refractivity contribution < 1.29 is 0 Å². The molecule has 78 valence electrons. The van der Waals surface area contributed by atoms with E-state index >= 15 is 0 Å². The predicted molar refractivity (Wildman–Crippen MR) is 61.1 cm³/mol. The van der Waals surface area contributed by atoms with Crippen LogP contribution in [0.2, 0.25) is 0 Å². The number of aryl methyl sites for hydroxylation is 2. The molecule has 0 aliphatic rings. The van der Waals surface area contributed by atoms with Gasteiger partial charge in [-0.2, -0.15) is 0 Å². The SMILES string of the molecule is Cc1cc(C(C)N)c(C)cc1C(C)N. The van der Waals surface area contributed by atoms with E-state index < -0.39 is 0 Å². The third-order valence-corrected chi connectivity index (χ3v) is 2.64. The Morgan fingerprint density at radius 2 is 1.14 bits per heavy atom. The Labute approximate surface area is 86.3 Å².